The lowest BCUT2D eigenvalue weighted by Crippen LogP contribution is -2.70. The molecule has 1 aliphatic rings. The van der Waals surface area contributed by atoms with Gasteiger partial charge in [-0.15, -0.1) is 11.3 Å². The van der Waals surface area contributed by atoms with E-state index < -0.39 is 50.1 Å². The Kier molecular flexibility index (Phi) is 10.5. The quantitative estimate of drug-likeness (QED) is 0.0665. The van der Waals surface area contributed by atoms with E-state index in [0.717, 1.165) is 14.6 Å². The zero-order valence-electron chi connectivity index (χ0n) is 25.7. The van der Waals surface area contributed by atoms with Gasteiger partial charge in [0.15, 0.2) is 4.34 Å². The normalized spacial score (nSPS) is 19.1. The topological polar surface area (TPSA) is 95.0 Å². The maximum absolute atomic E-state index is 14.1. The highest BCUT2D eigenvalue weighted by Gasteiger charge is 2.63. The number of thiazole rings is 1. The molecule has 2 aromatic rings. The summed E-state index contributed by atoms with van der Waals surface area (Å²) in [6.07, 6.45) is 0. The number of hydrogen-bond acceptors (Lipinski definition) is 10. The maximum atomic E-state index is 14.1. The molecule has 0 aliphatic carbocycles. The summed E-state index contributed by atoms with van der Waals surface area (Å²) in [7, 11) is 1.81. The number of para-hydroxylation sites is 1. The van der Waals surface area contributed by atoms with Crippen LogP contribution in [0.25, 0.3) is 10.2 Å². The van der Waals surface area contributed by atoms with Crippen LogP contribution in [0.15, 0.2) is 39.9 Å². The fraction of sp³-hybridized carbons (Fsp3) is 0.586. The zero-order chi connectivity index (χ0) is 30.9. The molecule has 0 bridgehead atoms. The minimum atomic E-state index is -1.17. The molecule has 225 valence electrons. The van der Waals surface area contributed by atoms with Crippen molar-refractivity contribution in [2.45, 2.75) is 90.7 Å². The number of amides is 1. The van der Waals surface area contributed by atoms with Crippen molar-refractivity contribution in [1.82, 2.24) is 9.88 Å². The summed E-state index contributed by atoms with van der Waals surface area (Å²) in [5.74, 6) is -1.93. The van der Waals surface area contributed by atoms with Gasteiger partial charge in [-0.3, -0.25) is 14.5 Å². The van der Waals surface area contributed by atoms with E-state index >= 15 is 0 Å². The molecule has 1 fully saturated rings. The first-order chi connectivity index (χ1) is 18.9. The van der Waals surface area contributed by atoms with Crippen molar-refractivity contribution in [3.8, 4) is 0 Å². The summed E-state index contributed by atoms with van der Waals surface area (Å²) in [5.41, 5.74) is -0.202. The van der Waals surface area contributed by atoms with Crippen LogP contribution >= 0.6 is 32.9 Å². The van der Waals surface area contributed by atoms with E-state index in [9.17, 15) is 14.4 Å². The Hall–Kier alpha value is -1.86. The maximum Gasteiger partial charge on any atom is 0.357 e. The summed E-state index contributed by atoms with van der Waals surface area (Å²) in [4.78, 5) is 45.8. The van der Waals surface area contributed by atoms with Crippen molar-refractivity contribution in [2.24, 2.45) is 16.7 Å². The number of carbonyl (C=O) groups is 3. The van der Waals surface area contributed by atoms with Crippen LogP contribution in [-0.2, 0) is 28.3 Å². The number of β-lactam (4-membered cyclic amide) rings is 1. The lowest BCUT2D eigenvalue weighted by molar-refractivity contribution is -0.180. The van der Waals surface area contributed by atoms with E-state index in [0.29, 0.717) is 5.57 Å². The summed E-state index contributed by atoms with van der Waals surface area (Å²) >= 11 is 1.59. The van der Waals surface area contributed by atoms with Gasteiger partial charge in [-0.1, -0.05) is 43.7 Å². The van der Waals surface area contributed by atoms with Crippen molar-refractivity contribution < 1.29 is 28.3 Å². The lowest BCUT2D eigenvalue weighted by atomic mass is 9.66. The molecule has 1 aliphatic heterocycles. The Morgan fingerprint density at radius 3 is 2.22 bits per heavy atom. The van der Waals surface area contributed by atoms with Gasteiger partial charge in [-0.25, -0.2) is 9.78 Å². The molecule has 3 atom stereocenters. The number of rotatable bonds is 10. The number of ether oxygens (including phenoxy) is 2. The number of fused-ring (bicyclic) bond motifs is 1. The smallest absolute Gasteiger partial charge is 0.357 e. The highest BCUT2D eigenvalue weighted by Crippen LogP contribution is 2.55. The zero-order valence-corrected chi connectivity index (χ0v) is 29.2. The summed E-state index contributed by atoms with van der Waals surface area (Å²) in [6, 6.07) is 7.95. The number of carbonyl (C=O) groups excluding carboxylic acids is 3. The number of likely N-dealkylation sites (tertiary alicyclic amines) is 1. The van der Waals surface area contributed by atoms with Crippen molar-refractivity contribution in [2.75, 3.05) is 6.79 Å². The minimum absolute atomic E-state index is 0.148. The molecule has 1 aromatic heterocycles. The monoisotopic (exact) mass is 637 g/mol. The van der Waals surface area contributed by atoms with Gasteiger partial charge < -0.3 is 13.9 Å². The van der Waals surface area contributed by atoms with E-state index in [4.69, 9.17) is 18.9 Å². The number of esters is 2. The molecule has 2 heterocycles. The molecular weight excluding hydrogens is 597 g/mol. The first kappa shape index (κ1) is 33.6. The van der Waals surface area contributed by atoms with Crippen LogP contribution in [0.2, 0.25) is 13.1 Å². The molecule has 1 amide bonds. The molecule has 1 radical (unpaired) electrons. The van der Waals surface area contributed by atoms with Gasteiger partial charge in [-0.2, -0.15) is 0 Å². The average molecular weight is 638 g/mol. The van der Waals surface area contributed by atoms with E-state index in [-0.39, 0.29) is 17.0 Å². The van der Waals surface area contributed by atoms with Crippen LogP contribution in [0.5, 0.6) is 0 Å². The molecule has 1 saturated heterocycles. The number of hydrogen-bond donors (Lipinski definition) is 0. The van der Waals surface area contributed by atoms with Crippen molar-refractivity contribution in [1.29, 1.82) is 0 Å². The Bertz CT molecular complexity index is 1290. The van der Waals surface area contributed by atoms with Gasteiger partial charge in [0.1, 0.15) is 11.1 Å². The Morgan fingerprint density at radius 2 is 1.68 bits per heavy atom. The second-order valence-corrected chi connectivity index (χ2v) is 18.3. The van der Waals surface area contributed by atoms with E-state index in [1.165, 1.54) is 26.5 Å². The van der Waals surface area contributed by atoms with Crippen molar-refractivity contribution in [3.63, 3.8) is 0 Å². The number of aromatic nitrogens is 1. The van der Waals surface area contributed by atoms with Crippen molar-refractivity contribution in [3.05, 3.63) is 35.5 Å². The van der Waals surface area contributed by atoms with E-state index in [1.807, 2.05) is 31.2 Å². The van der Waals surface area contributed by atoms with E-state index in [1.54, 1.807) is 46.0 Å². The van der Waals surface area contributed by atoms with Gasteiger partial charge >= 0.3 is 11.9 Å². The Balaban J connectivity index is 1.94. The molecule has 41 heavy (non-hydrogen) atoms. The SMILES string of the molecule is CC(C)=C(C(=O)OCOC(=O)C(C)(C)C)N1C(=O)[C@@H]([C@](C)(O[Si](C)C)C(C)(C)C)[C@H]1SSc1nc2ccccc2s1. The van der Waals surface area contributed by atoms with Gasteiger partial charge in [0.25, 0.3) is 0 Å². The molecular formula is C29H41N2O6S3Si. The summed E-state index contributed by atoms with van der Waals surface area (Å²) in [6.45, 7) is 20.5. The molecule has 0 spiro atoms. The van der Waals surface area contributed by atoms with Crippen LogP contribution in [0.4, 0.5) is 0 Å². The van der Waals surface area contributed by atoms with Gasteiger partial charge in [-0.05, 0) is 88.6 Å². The van der Waals surface area contributed by atoms with Crippen LogP contribution in [0.3, 0.4) is 0 Å². The molecule has 0 unspecified atom stereocenters. The Morgan fingerprint density at radius 1 is 1.05 bits per heavy atom. The third-order valence-corrected chi connectivity index (χ3v) is 11.8. The average Bonchev–Trinajstić information content (AvgIpc) is 3.25. The molecule has 0 N–H and O–H groups in total. The standard InChI is InChI=1S/C29H41N2O6S3Si/c1-17(2)21(24(33)35-16-36-25(34)27(3,4)5)31-22(32)20(29(9,28(6,7)8)37-41(10)11)23(31)39-40-26-30-18-14-12-13-15-19(18)38-26/h12-15,20,23H,16H2,1-11H3/t20-,23-,29+/m1/s1. The van der Waals surface area contributed by atoms with Crippen LogP contribution < -0.4 is 0 Å². The fourth-order valence-electron chi connectivity index (χ4n) is 4.36. The largest absolute Gasteiger partial charge is 0.427 e. The predicted octanol–water partition coefficient (Wildman–Crippen LogP) is 7.28. The van der Waals surface area contributed by atoms with Crippen molar-refractivity contribution >= 4 is 70.0 Å². The highest BCUT2D eigenvalue weighted by atomic mass is 33.1. The number of benzene rings is 1. The van der Waals surface area contributed by atoms with E-state index in [2.05, 4.69) is 33.9 Å². The second kappa shape index (κ2) is 12.8. The fourth-order valence-corrected chi connectivity index (χ4v) is 9.75. The highest BCUT2D eigenvalue weighted by molar-refractivity contribution is 8.77. The third-order valence-electron chi connectivity index (χ3n) is 6.93. The van der Waals surface area contributed by atoms with Crippen LogP contribution in [0, 0.1) is 16.7 Å². The third kappa shape index (κ3) is 7.38. The molecule has 12 heteroatoms. The lowest BCUT2D eigenvalue weighted by Gasteiger charge is -2.58. The summed E-state index contributed by atoms with van der Waals surface area (Å²) in [5, 5.41) is -0.431. The first-order valence-corrected chi connectivity index (χ1v) is 18.8. The molecule has 3 rings (SSSR count). The Labute approximate surface area is 257 Å². The van der Waals surface area contributed by atoms with Gasteiger partial charge in [0.2, 0.25) is 21.7 Å². The molecule has 0 saturated carbocycles. The molecule has 1 aromatic carbocycles. The van der Waals surface area contributed by atoms with Crippen LogP contribution in [-0.4, -0.2) is 54.5 Å². The molecule has 8 nitrogen and oxygen atoms in total. The number of allylic oxidation sites excluding steroid dienone is 1. The number of nitrogens with zero attached hydrogens (tertiary/aromatic N) is 2. The summed E-state index contributed by atoms with van der Waals surface area (Å²) < 4.78 is 19.1. The minimum Gasteiger partial charge on any atom is -0.427 e. The van der Waals surface area contributed by atoms with Gasteiger partial charge in [0, 0.05) is 0 Å². The van der Waals surface area contributed by atoms with Gasteiger partial charge in [0.05, 0.1) is 27.2 Å². The first-order valence-electron chi connectivity index (χ1n) is 13.4. The van der Waals surface area contributed by atoms with Crippen LogP contribution in [0.1, 0.15) is 62.3 Å². The second-order valence-electron chi connectivity index (χ2n) is 12.7. The predicted molar refractivity (Wildman–Crippen MR) is 168 cm³/mol.